The number of benzene rings is 1. The maximum absolute atomic E-state index is 13.3. The van der Waals surface area contributed by atoms with Crippen LogP contribution in [0, 0.1) is 5.82 Å². The number of fused-ring (bicyclic) bond motifs is 1. The molecule has 0 aliphatic carbocycles. The van der Waals surface area contributed by atoms with E-state index < -0.39 is 29.5 Å². The summed E-state index contributed by atoms with van der Waals surface area (Å²) in [6.07, 6.45) is 2.43. The molecule has 1 amide bonds. The predicted molar refractivity (Wildman–Crippen MR) is 72.1 cm³/mol. The molecule has 0 unspecified atom stereocenters. The lowest BCUT2D eigenvalue weighted by atomic mass is 9.88. The second kappa shape index (κ2) is 4.75. The first-order valence-electron chi connectivity index (χ1n) is 6.28. The number of hydrogen-bond donors (Lipinski definition) is 2. The first kappa shape index (κ1) is 13.4. The lowest BCUT2D eigenvalue weighted by Gasteiger charge is -2.19. The molecule has 6 heteroatoms. The van der Waals surface area contributed by atoms with Crippen LogP contribution in [0.15, 0.2) is 42.7 Å². The quantitative estimate of drug-likeness (QED) is 0.841. The number of halogens is 1. The molecule has 1 aliphatic heterocycles. The van der Waals surface area contributed by atoms with Crippen molar-refractivity contribution in [3.63, 3.8) is 0 Å². The van der Waals surface area contributed by atoms with Crippen LogP contribution in [0.4, 0.5) is 10.1 Å². The maximum atomic E-state index is 13.3. The number of amides is 1. The number of anilines is 1. The van der Waals surface area contributed by atoms with E-state index in [2.05, 4.69) is 10.3 Å². The number of pyridine rings is 1. The topological polar surface area (TPSA) is 79.3 Å². The molecule has 0 saturated heterocycles. The number of Topliss-reactive ketones (excluding diaryl/α,β-unsaturated/α-hetero) is 1. The van der Waals surface area contributed by atoms with E-state index in [0.29, 0.717) is 11.3 Å². The fourth-order valence-corrected chi connectivity index (χ4v) is 2.36. The first-order valence-corrected chi connectivity index (χ1v) is 6.28. The van der Waals surface area contributed by atoms with Crippen molar-refractivity contribution in [2.45, 2.75) is 12.0 Å². The average molecular weight is 286 g/mol. The molecular weight excluding hydrogens is 275 g/mol. The van der Waals surface area contributed by atoms with Crippen LogP contribution >= 0.6 is 0 Å². The minimum Gasteiger partial charge on any atom is -0.375 e. The van der Waals surface area contributed by atoms with Crippen molar-refractivity contribution in [2.24, 2.45) is 0 Å². The van der Waals surface area contributed by atoms with E-state index in [-0.39, 0.29) is 5.56 Å². The van der Waals surface area contributed by atoms with Crippen LogP contribution in [-0.4, -0.2) is 21.8 Å². The summed E-state index contributed by atoms with van der Waals surface area (Å²) in [5.41, 5.74) is -1.34. The Bertz CT molecular complexity index is 733. The summed E-state index contributed by atoms with van der Waals surface area (Å²) in [6.45, 7) is 0. The zero-order valence-corrected chi connectivity index (χ0v) is 10.8. The number of ketones is 1. The Labute approximate surface area is 119 Å². The lowest BCUT2D eigenvalue weighted by molar-refractivity contribution is -0.133. The number of aromatic nitrogens is 1. The minimum atomic E-state index is -2.06. The van der Waals surface area contributed by atoms with E-state index in [0.717, 1.165) is 6.07 Å². The van der Waals surface area contributed by atoms with Gasteiger partial charge in [-0.1, -0.05) is 0 Å². The molecule has 2 heterocycles. The molecule has 1 atom stereocenters. The van der Waals surface area contributed by atoms with Crippen molar-refractivity contribution >= 4 is 17.4 Å². The van der Waals surface area contributed by atoms with Crippen molar-refractivity contribution < 1.29 is 19.1 Å². The Morgan fingerprint density at radius 2 is 2.00 bits per heavy atom. The SMILES string of the molecule is O=C(C[C@@]1(O)C(=O)Nc2ccc(F)cc21)c1ccncc1. The third kappa shape index (κ3) is 2.19. The summed E-state index contributed by atoms with van der Waals surface area (Å²) in [4.78, 5) is 28.0. The molecule has 106 valence electrons. The summed E-state index contributed by atoms with van der Waals surface area (Å²) in [7, 11) is 0. The molecule has 3 rings (SSSR count). The third-order valence-electron chi connectivity index (χ3n) is 3.47. The number of nitrogens with zero attached hydrogens (tertiary/aromatic N) is 1. The highest BCUT2D eigenvalue weighted by Crippen LogP contribution is 2.39. The van der Waals surface area contributed by atoms with Crippen molar-refractivity contribution in [3.05, 3.63) is 59.7 Å². The zero-order chi connectivity index (χ0) is 15.0. The van der Waals surface area contributed by atoms with Gasteiger partial charge in [-0.15, -0.1) is 0 Å². The Balaban J connectivity index is 1.97. The van der Waals surface area contributed by atoms with Crippen LogP contribution in [0.3, 0.4) is 0 Å². The Hall–Kier alpha value is -2.60. The predicted octanol–water partition coefficient (Wildman–Crippen LogP) is 1.63. The second-order valence-electron chi connectivity index (χ2n) is 4.84. The van der Waals surface area contributed by atoms with Crippen molar-refractivity contribution in [1.29, 1.82) is 0 Å². The summed E-state index contributed by atoms with van der Waals surface area (Å²) < 4.78 is 13.3. The van der Waals surface area contributed by atoms with E-state index in [1.807, 2.05) is 0 Å². The normalized spacial score (nSPS) is 20.0. The monoisotopic (exact) mass is 286 g/mol. The number of hydrogen-bond acceptors (Lipinski definition) is 4. The fraction of sp³-hybridized carbons (Fsp3) is 0.133. The van der Waals surface area contributed by atoms with Gasteiger partial charge in [0.05, 0.1) is 6.42 Å². The third-order valence-corrected chi connectivity index (χ3v) is 3.47. The molecule has 0 spiro atoms. The van der Waals surface area contributed by atoms with Crippen LogP contribution in [0.2, 0.25) is 0 Å². The largest absolute Gasteiger partial charge is 0.375 e. The van der Waals surface area contributed by atoms with Gasteiger partial charge in [-0.3, -0.25) is 14.6 Å². The van der Waals surface area contributed by atoms with E-state index in [1.54, 1.807) is 0 Å². The van der Waals surface area contributed by atoms with Gasteiger partial charge in [-0.05, 0) is 30.3 Å². The number of aliphatic hydroxyl groups is 1. The van der Waals surface area contributed by atoms with E-state index >= 15 is 0 Å². The van der Waals surface area contributed by atoms with Gasteiger partial charge in [0.15, 0.2) is 11.4 Å². The molecule has 0 bridgehead atoms. The van der Waals surface area contributed by atoms with Crippen LogP contribution in [-0.2, 0) is 10.4 Å². The lowest BCUT2D eigenvalue weighted by Crippen LogP contribution is -2.36. The molecule has 1 aromatic carbocycles. The van der Waals surface area contributed by atoms with E-state index in [1.165, 1.54) is 36.7 Å². The van der Waals surface area contributed by atoms with Crippen LogP contribution in [0.5, 0.6) is 0 Å². The Morgan fingerprint density at radius 1 is 1.29 bits per heavy atom. The van der Waals surface area contributed by atoms with Crippen LogP contribution in [0.25, 0.3) is 0 Å². The van der Waals surface area contributed by atoms with E-state index in [4.69, 9.17) is 0 Å². The molecule has 21 heavy (non-hydrogen) atoms. The molecule has 0 saturated carbocycles. The van der Waals surface area contributed by atoms with Gasteiger partial charge in [0.25, 0.3) is 5.91 Å². The number of rotatable bonds is 3. The minimum absolute atomic E-state index is 0.0786. The van der Waals surface area contributed by atoms with Gasteiger partial charge in [0, 0.05) is 29.2 Å². The number of carbonyl (C=O) groups excluding carboxylic acids is 2. The van der Waals surface area contributed by atoms with Crippen molar-refractivity contribution in [2.75, 3.05) is 5.32 Å². The van der Waals surface area contributed by atoms with E-state index in [9.17, 15) is 19.1 Å². The molecule has 0 radical (unpaired) electrons. The second-order valence-corrected chi connectivity index (χ2v) is 4.84. The summed E-state index contributed by atoms with van der Waals surface area (Å²) in [6, 6.07) is 6.58. The highest BCUT2D eigenvalue weighted by atomic mass is 19.1. The first-order chi connectivity index (χ1) is 10.0. The van der Waals surface area contributed by atoms with Crippen molar-refractivity contribution in [3.8, 4) is 0 Å². The van der Waals surface area contributed by atoms with Crippen LogP contribution in [0.1, 0.15) is 22.3 Å². The molecule has 2 aromatic rings. The zero-order valence-electron chi connectivity index (χ0n) is 10.8. The summed E-state index contributed by atoms with van der Waals surface area (Å²) in [5, 5.41) is 13.0. The van der Waals surface area contributed by atoms with Gasteiger partial charge >= 0.3 is 0 Å². The molecule has 1 aliphatic rings. The van der Waals surface area contributed by atoms with Gasteiger partial charge in [-0.25, -0.2) is 4.39 Å². The van der Waals surface area contributed by atoms with Gasteiger partial charge in [0.1, 0.15) is 5.82 Å². The summed E-state index contributed by atoms with van der Waals surface area (Å²) >= 11 is 0. The fourth-order valence-electron chi connectivity index (χ4n) is 2.36. The summed E-state index contributed by atoms with van der Waals surface area (Å²) in [5.74, 6) is -1.74. The molecular formula is C15H11FN2O3. The highest BCUT2D eigenvalue weighted by molar-refractivity contribution is 6.09. The molecule has 5 nitrogen and oxygen atoms in total. The van der Waals surface area contributed by atoms with Gasteiger partial charge < -0.3 is 10.4 Å². The molecule has 0 fully saturated rings. The standard InChI is InChI=1S/C15H11FN2O3/c16-10-1-2-12-11(7-10)15(21,14(20)18-12)8-13(19)9-3-5-17-6-4-9/h1-7,21H,8H2,(H,18,20)/t15-/m0/s1. The van der Waals surface area contributed by atoms with Gasteiger partial charge in [0.2, 0.25) is 0 Å². The molecule has 2 N–H and O–H groups in total. The number of nitrogens with one attached hydrogen (secondary N) is 1. The van der Waals surface area contributed by atoms with Crippen molar-refractivity contribution in [1.82, 2.24) is 4.98 Å². The Kier molecular flexibility index (Phi) is 3.03. The smallest absolute Gasteiger partial charge is 0.261 e. The average Bonchev–Trinajstić information content (AvgIpc) is 2.72. The Morgan fingerprint density at radius 3 is 2.71 bits per heavy atom. The van der Waals surface area contributed by atoms with Crippen LogP contribution < -0.4 is 5.32 Å². The molecule has 1 aromatic heterocycles. The van der Waals surface area contributed by atoms with Gasteiger partial charge in [-0.2, -0.15) is 0 Å². The number of carbonyl (C=O) groups is 2. The maximum Gasteiger partial charge on any atom is 0.261 e. The highest BCUT2D eigenvalue weighted by Gasteiger charge is 2.47.